The Balaban J connectivity index is 2.27. The van der Waals surface area contributed by atoms with E-state index < -0.39 is 12.5 Å². The van der Waals surface area contributed by atoms with Crippen LogP contribution in [0.1, 0.15) is 11.1 Å². The topological polar surface area (TPSA) is 35.2 Å². The molecule has 1 aliphatic heterocycles. The Kier molecular flexibility index (Phi) is 3.30. The molecular weight excluding hydrogens is 236 g/mol. The Morgan fingerprint density at radius 1 is 1.44 bits per heavy atom. The molecular formula is C11H12ClF2NO. The quantitative estimate of drug-likeness (QED) is 0.890. The molecule has 2 nitrogen and oxygen atoms in total. The summed E-state index contributed by atoms with van der Waals surface area (Å²) in [6.07, 6.45) is -1.68. The average Bonchev–Trinajstić information content (AvgIpc) is 2.65. The van der Waals surface area contributed by atoms with Crippen LogP contribution in [-0.4, -0.2) is 19.1 Å². The maximum Gasteiger partial charge on any atom is 0.253 e. The molecule has 0 spiro atoms. The zero-order valence-corrected chi connectivity index (χ0v) is 9.31. The number of benzene rings is 1. The zero-order chi connectivity index (χ0) is 11.7. The summed E-state index contributed by atoms with van der Waals surface area (Å²) in [7, 11) is 0. The van der Waals surface area contributed by atoms with Crippen LogP contribution in [0.2, 0.25) is 5.02 Å². The van der Waals surface area contributed by atoms with Gasteiger partial charge in [0.25, 0.3) is 6.43 Å². The lowest BCUT2D eigenvalue weighted by Gasteiger charge is -2.13. The van der Waals surface area contributed by atoms with Crippen LogP contribution in [-0.2, 0) is 12.8 Å². The van der Waals surface area contributed by atoms with E-state index in [9.17, 15) is 8.78 Å². The first kappa shape index (κ1) is 11.6. The van der Waals surface area contributed by atoms with Gasteiger partial charge in [-0.3, -0.25) is 0 Å². The van der Waals surface area contributed by atoms with E-state index >= 15 is 0 Å². The Morgan fingerprint density at radius 3 is 2.88 bits per heavy atom. The van der Waals surface area contributed by atoms with Crippen LogP contribution in [0.4, 0.5) is 8.78 Å². The second-order valence-electron chi connectivity index (χ2n) is 3.85. The normalized spacial score (nSPS) is 16.1. The van der Waals surface area contributed by atoms with E-state index in [1.54, 1.807) is 12.1 Å². The van der Waals surface area contributed by atoms with Crippen LogP contribution >= 0.6 is 11.6 Å². The second kappa shape index (κ2) is 4.55. The molecule has 16 heavy (non-hydrogen) atoms. The van der Waals surface area contributed by atoms with Crippen molar-refractivity contribution in [3.05, 3.63) is 28.3 Å². The molecule has 5 heteroatoms. The van der Waals surface area contributed by atoms with Crippen molar-refractivity contribution in [3.8, 4) is 5.75 Å². The van der Waals surface area contributed by atoms with Crippen molar-refractivity contribution in [2.24, 2.45) is 5.73 Å². The standard InChI is InChI=1S/C11H12ClF2NO/c12-8-3-6-1-2-16-10(6)7(4-8)5-9(15)11(13)14/h3-4,9,11H,1-2,5,15H2. The van der Waals surface area contributed by atoms with E-state index in [1.165, 1.54) is 0 Å². The van der Waals surface area contributed by atoms with Crippen molar-refractivity contribution >= 4 is 11.6 Å². The maximum absolute atomic E-state index is 12.4. The van der Waals surface area contributed by atoms with Gasteiger partial charge in [-0.05, 0) is 29.7 Å². The molecule has 0 aliphatic carbocycles. The van der Waals surface area contributed by atoms with Crippen LogP contribution in [0.15, 0.2) is 12.1 Å². The number of rotatable bonds is 3. The summed E-state index contributed by atoms with van der Waals surface area (Å²) in [5.41, 5.74) is 6.99. The summed E-state index contributed by atoms with van der Waals surface area (Å²) in [5, 5.41) is 0.542. The second-order valence-corrected chi connectivity index (χ2v) is 4.29. The highest BCUT2D eigenvalue weighted by Crippen LogP contribution is 2.33. The van der Waals surface area contributed by atoms with Crippen molar-refractivity contribution in [2.75, 3.05) is 6.61 Å². The fraction of sp³-hybridized carbons (Fsp3) is 0.455. The first-order chi connectivity index (χ1) is 7.58. The molecule has 0 fully saturated rings. The van der Waals surface area contributed by atoms with E-state index in [1.807, 2.05) is 0 Å². The number of alkyl halides is 2. The van der Waals surface area contributed by atoms with Crippen molar-refractivity contribution in [2.45, 2.75) is 25.3 Å². The maximum atomic E-state index is 12.4. The van der Waals surface area contributed by atoms with Crippen LogP contribution < -0.4 is 10.5 Å². The summed E-state index contributed by atoms with van der Waals surface area (Å²) in [6.45, 7) is 0.576. The summed E-state index contributed by atoms with van der Waals surface area (Å²) < 4.78 is 30.1. The number of fused-ring (bicyclic) bond motifs is 1. The summed E-state index contributed by atoms with van der Waals surface area (Å²) in [5.74, 6) is 0.681. The van der Waals surface area contributed by atoms with Gasteiger partial charge >= 0.3 is 0 Å². The van der Waals surface area contributed by atoms with Gasteiger partial charge in [0.15, 0.2) is 0 Å². The van der Waals surface area contributed by atoms with E-state index in [2.05, 4.69) is 0 Å². The van der Waals surface area contributed by atoms with Gasteiger partial charge in [0.1, 0.15) is 5.75 Å². The molecule has 2 N–H and O–H groups in total. The van der Waals surface area contributed by atoms with Gasteiger partial charge in [0.05, 0.1) is 12.6 Å². The molecule has 1 aromatic carbocycles. The minimum atomic E-state index is -2.53. The molecule has 1 heterocycles. The number of ether oxygens (including phenoxy) is 1. The van der Waals surface area contributed by atoms with Gasteiger partial charge in [-0.1, -0.05) is 11.6 Å². The highest BCUT2D eigenvalue weighted by Gasteiger charge is 2.22. The van der Waals surface area contributed by atoms with Gasteiger partial charge in [0, 0.05) is 11.4 Å². The van der Waals surface area contributed by atoms with E-state index in [0.29, 0.717) is 22.9 Å². The molecule has 0 radical (unpaired) electrons. The average molecular weight is 248 g/mol. The van der Waals surface area contributed by atoms with Crippen LogP contribution in [0.5, 0.6) is 5.75 Å². The van der Waals surface area contributed by atoms with Crippen LogP contribution in [0, 0.1) is 0 Å². The minimum Gasteiger partial charge on any atom is -0.493 e. The summed E-state index contributed by atoms with van der Waals surface area (Å²) in [6, 6.07) is 2.28. The van der Waals surface area contributed by atoms with E-state index in [-0.39, 0.29) is 6.42 Å². The van der Waals surface area contributed by atoms with Gasteiger partial charge in [-0.2, -0.15) is 0 Å². The van der Waals surface area contributed by atoms with Crippen molar-refractivity contribution in [3.63, 3.8) is 0 Å². The van der Waals surface area contributed by atoms with E-state index in [4.69, 9.17) is 22.1 Å². The molecule has 0 aromatic heterocycles. The molecule has 1 atom stereocenters. The lowest BCUT2D eigenvalue weighted by molar-refractivity contribution is 0.115. The molecule has 0 bridgehead atoms. The Bertz CT molecular complexity index is 398. The van der Waals surface area contributed by atoms with Crippen molar-refractivity contribution in [1.82, 2.24) is 0 Å². The van der Waals surface area contributed by atoms with Crippen LogP contribution in [0.25, 0.3) is 0 Å². The minimum absolute atomic E-state index is 0.0839. The lowest BCUT2D eigenvalue weighted by atomic mass is 10.0. The summed E-state index contributed by atoms with van der Waals surface area (Å²) in [4.78, 5) is 0. The monoisotopic (exact) mass is 247 g/mol. The smallest absolute Gasteiger partial charge is 0.253 e. The highest BCUT2D eigenvalue weighted by atomic mass is 35.5. The molecule has 0 amide bonds. The predicted octanol–water partition coefficient (Wildman–Crippen LogP) is 2.41. The third-order valence-corrected chi connectivity index (χ3v) is 2.82. The lowest BCUT2D eigenvalue weighted by Crippen LogP contribution is -2.31. The largest absolute Gasteiger partial charge is 0.493 e. The predicted molar refractivity (Wildman–Crippen MR) is 58.3 cm³/mol. The first-order valence-electron chi connectivity index (χ1n) is 5.05. The molecule has 1 aliphatic rings. The molecule has 1 aromatic rings. The number of hydrogen-bond donors (Lipinski definition) is 1. The fourth-order valence-electron chi connectivity index (χ4n) is 1.84. The van der Waals surface area contributed by atoms with Crippen molar-refractivity contribution < 1.29 is 13.5 Å². The highest BCUT2D eigenvalue weighted by molar-refractivity contribution is 6.30. The molecule has 88 valence electrons. The third kappa shape index (κ3) is 2.28. The fourth-order valence-corrected chi connectivity index (χ4v) is 2.10. The Morgan fingerprint density at radius 2 is 2.19 bits per heavy atom. The van der Waals surface area contributed by atoms with Gasteiger partial charge in [-0.25, -0.2) is 8.78 Å². The van der Waals surface area contributed by atoms with Gasteiger partial charge < -0.3 is 10.5 Å². The van der Waals surface area contributed by atoms with Crippen molar-refractivity contribution in [1.29, 1.82) is 0 Å². The first-order valence-corrected chi connectivity index (χ1v) is 5.43. The molecule has 0 saturated heterocycles. The number of nitrogens with two attached hydrogens (primary N) is 1. The van der Waals surface area contributed by atoms with Gasteiger partial charge in [0.2, 0.25) is 0 Å². The third-order valence-electron chi connectivity index (χ3n) is 2.60. The molecule has 2 rings (SSSR count). The van der Waals surface area contributed by atoms with E-state index in [0.717, 1.165) is 12.0 Å². The zero-order valence-electron chi connectivity index (χ0n) is 8.55. The number of halogens is 3. The van der Waals surface area contributed by atoms with Gasteiger partial charge in [-0.15, -0.1) is 0 Å². The Labute approximate surface area is 97.3 Å². The summed E-state index contributed by atoms with van der Waals surface area (Å²) >= 11 is 5.91. The Hall–Kier alpha value is -0.870. The molecule has 0 saturated carbocycles. The van der Waals surface area contributed by atoms with Crippen LogP contribution in [0.3, 0.4) is 0 Å². The number of hydrogen-bond acceptors (Lipinski definition) is 2. The molecule has 1 unspecified atom stereocenters. The SMILES string of the molecule is NC(Cc1cc(Cl)cc2c1OCC2)C(F)F.